The number of fused-ring (bicyclic) bond motifs is 2. The minimum absolute atomic E-state index is 0.0373. The first-order valence-corrected chi connectivity index (χ1v) is 17.8. The van der Waals surface area contributed by atoms with E-state index < -0.39 is 63.9 Å². The monoisotopic (exact) mass is 777 g/mol. The fraction of sp³-hybridized carbons (Fsp3) is 0.242. The van der Waals surface area contributed by atoms with Gasteiger partial charge in [0, 0.05) is 36.4 Å². The summed E-state index contributed by atoms with van der Waals surface area (Å²) in [5, 5.41) is 52.1. The van der Waals surface area contributed by atoms with Crippen molar-refractivity contribution in [3.63, 3.8) is 0 Å². The number of nitrogen functional groups attached to an aromatic ring is 1. The van der Waals surface area contributed by atoms with Crippen LogP contribution >= 0.6 is 23.1 Å². The van der Waals surface area contributed by atoms with Crippen LogP contribution in [0.5, 0.6) is 11.5 Å². The van der Waals surface area contributed by atoms with Crippen molar-refractivity contribution < 1.29 is 49.2 Å². The molecule has 1 saturated heterocycles. The van der Waals surface area contributed by atoms with Crippen LogP contribution in [0.25, 0.3) is 11.0 Å². The molecular formula is C33H31N9O10S2. The van der Waals surface area contributed by atoms with Crippen LogP contribution in [-0.4, -0.2) is 105 Å². The maximum absolute atomic E-state index is 13.6. The number of rotatable bonds is 13. The van der Waals surface area contributed by atoms with Crippen molar-refractivity contribution in [2.24, 2.45) is 5.16 Å². The number of carboxylic acids is 2. The Labute approximate surface area is 312 Å². The van der Waals surface area contributed by atoms with E-state index in [1.54, 1.807) is 0 Å². The zero-order valence-electron chi connectivity index (χ0n) is 28.3. The Morgan fingerprint density at radius 2 is 1.72 bits per heavy atom. The molecule has 19 nitrogen and oxygen atoms in total. The fourth-order valence-electron chi connectivity index (χ4n) is 5.24. The van der Waals surface area contributed by atoms with E-state index in [1.165, 1.54) is 25.3 Å². The first-order chi connectivity index (χ1) is 25.6. The van der Waals surface area contributed by atoms with Crippen LogP contribution in [0, 0.1) is 0 Å². The molecular weight excluding hydrogens is 747 g/mol. The minimum atomic E-state index is -1.82. The molecule has 280 valence electrons. The molecule has 1 fully saturated rings. The lowest BCUT2D eigenvalue weighted by atomic mass is 10.0. The molecule has 2 aliphatic rings. The topological polar surface area (TPSA) is 292 Å². The van der Waals surface area contributed by atoms with Crippen molar-refractivity contribution in [3.8, 4) is 11.5 Å². The summed E-state index contributed by atoms with van der Waals surface area (Å²) in [6, 6.07) is 10.4. The molecule has 2 aromatic carbocycles. The van der Waals surface area contributed by atoms with Gasteiger partial charge in [-0.1, -0.05) is 35.5 Å². The van der Waals surface area contributed by atoms with Gasteiger partial charge in [0.25, 0.3) is 17.7 Å². The van der Waals surface area contributed by atoms with Gasteiger partial charge < -0.3 is 46.9 Å². The van der Waals surface area contributed by atoms with Crippen molar-refractivity contribution in [3.05, 3.63) is 76.1 Å². The second-order valence-electron chi connectivity index (χ2n) is 12.3. The number of hydrogen-bond donors (Lipinski definition) is 8. The lowest BCUT2D eigenvalue weighted by Gasteiger charge is -2.49. The number of phenolic OH excluding ortho intramolecular Hbond substituents is 2. The van der Waals surface area contributed by atoms with Gasteiger partial charge in [0.2, 0.25) is 5.60 Å². The number of nitrogens with two attached hydrogens (primary N) is 1. The lowest BCUT2D eigenvalue weighted by Crippen LogP contribution is -2.71. The average molecular weight is 778 g/mol. The molecule has 0 radical (unpaired) electrons. The molecule has 54 heavy (non-hydrogen) atoms. The molecule has 6 rings (SSSR count). The molecule has 21 heteroatoms. The van der Waals surface area contributed by atoms with Gasteiger partial charge in [-0.3, -0.25) is 19.3 Å². The lowest BCUT2D eigenvalue weighted by molar-refractivity contribution is -0.161. The molecule has 2 atom stereocenters. The molecule has 4 heterocycles. The zero-order chi connectivity index (χ0) is 38.9. The number of phenols is 2. The van der Waals surface area contributed by atoms with Gasteiger partial charge in [-0.25, -0.2) is 24.5 Å². The Hall–Kier alpha value is -6.48. The molecule has 2 aliphatic heterocycles. The largest absolute Gasteiger partial charge is 0.504 e. The number of aliphatic carboxylic acids is 2. The van der Waals surface area contributed by atoms with Crippen molar-refractivity contribution >= 4 is 80.5 Å². The number of aromatic nitrogens is 3. The van der Waals surface area contributed by atoms with Crippen LogP contribution in [0.1, 0.15) is 35.6 Å². The number of oxime groups is 1. The van der Waals surface area contributed by atoms with Crippen LogP contribution in [0.2, 0.25) is 0 Å². The number of carbonyl (C=O) groups is 5. The SMILES string of the molecule is CC(C)(ON=C(C(=O)NC1C(=O)N2C(C(=O)O)=C(CNC(=O)c3nc4cc(O)c(O)cc4nc3NCc3ccccc3)CS[C@@H]12)c1csc(N)n1)C(=O)O. The number of anilines is 2. The quantitative estimate of drug-likeness (QED) is 0.0412. The Balaban J connectivity index is 1.20. The number of carbonyl (C=O) groups excluding carboxylic acids is 3. The predicted octanol–water partition coefficient (Wildman–Crippen LogP) is 1.44. The van der Waals surface area contributed by atoms with E-state index in [1.807, 2.05) is 30.3 Å². The first-order valence-electron chi connectivity index (χ1n) is 15.9. The normalized spacial score (nSPS) is 17.0. The van der Waals surface area contributed by atoms with Crippen LogP contribution in [0.15, 0.2) is 64.3 Å². The summed E-state index contributed by atoms with van der Waals surface area (Å²) in [5.41, 5.74) is 4.18. The van der Waals surface area contributed by atoms with E-state index in [-0.39, 0.29) is 63.5 Å². The molecule has 3 amide bonds. The number of benzene rings is 2. The molecule has 1 unspecified atom stereocenters. The van der Waals surface area contributed by atoms with Crippen LogP contribution < -0.4 is 21.7 Å². The molecule has 9 N–H and O–H groups in total. The van der Waals surface area contributed by atoms with Crippen LogP contribution in [0.4, 0.5) is 10.9 Å². The van der Waals surface area contributed by atoms with E-state index in [9.17, 15) is 44.4 Å². The van der Waals surface area contributed by atoms with Gasteiger partial charge in [0.1, 0.15) is 22.8 Å². The van der Waals surface area contributed by atoms with Crippen molar-refractivity contribution in [2.45, 2.75) is 37.4 Å². The molecule has 0 bridgehead atoms. The third-order valence-corrected chi connectivity index (χ3v) is 10.2. The zero-order valence-corrected chi connectivity index (χ0v) is 29.9. The fourth-order valence-corrected chi connectivity index (χ4v) is 7.14. The minimum Gasteiger partial charge on any atom is -0.504 e. The smallest absolute Gasteiger partial charge is 0.352 e. The summed E-state index contributed by atoms with van der Waals surface area (Å²) in [5.74, 6) is -6.08. The number of thioether (sulfide) groups is 1. The Kier molecular flexibility index (Phi) is 10.3. The van der Waals surface area contributed by atoms with Crippen LogP contribution in [0.3, 0.4) is 0 Å². The maximum atomic E-state index is 13.6. The number of amides is 3. The molecule has 4 aromatic rings. The van der Waals surface area contributed by atoms with Crippen molar-refractivity contribution in [1.29, 1.82) is 0 Å². The van der Waals surface area contributed by atoms with Gasteiger partial charge in [0.15, 0.2) is 33.9 Å². The number of thiazole rings is 1. The Morgan fingerprint density at radius 3 is 2.35 bits per heavy atom. The van der Waals surface area contributed by atoms with E-state index >= 15 is 0 Å². The summed E-state index contributed by atoms with van der Waals surface area (Å²) in [6.45, 7) is 2.37. The van der Waals surface area contributed by atoms with E-state index in [4.69, 9.17) is 10.6 Å². The van der Waals surface area contributed by atoms with E-state index in [2.05, 4.69) is 36.1 Å². The van der Waals surface area contributed by atoms with Crippen molar-refractivity contribution in [1.82, 2.24) is 30.5 Å². The number of hydrogen-bond acceptors (Lipinski definition) is 16. The highest BCUT2D eigenvalue weighted by Crippen LogP contribution is 2.40. The number of nitrogens with one attached hydrogen (secondary N) is 3. The summed E-state index contributed by atoms with van der Waals surface area (Å²) in [4.78, 5) is 83.3. The Morgan fingerprint density at radius 1 is 1.04 bits per heavy atom. The van der Waals surface area contributed by atoms with Gasteiger partial charge in [0.05, 0.1) is 11.0 Å². The van der Waals surface area contributed by atoms with Crippen molar-refractivity contribution in [2.75, 3.05) is 23.3 Å². The Bertz CT molecular complexity index is 2260. The highest BCUT2D eigenvalue weighted by atomic mass is 32.2. The number of aromatic hydroxyl groups is 2. The van der Waals surface area contributed by atoms with Gasteiger partial charge in [-0.05, 0) is 25.0 Å². The highest BCUT2D eigenvalue weighted by Gasteiger charge is 2.54. The third kappa shape index (κ3) is 7.52. The molecule has 0 aliphatic carbocycles. The highest BCUT2D eigenvalue weighted by molar-refractivity contribution is 8.00. The molecule has 0 spiro atoms. The maximum Gasteiger partial charge on any atom is 0.352 e. The van der Waals surface area contributed by atoms with Gasteiger partial charge in [-0.15, -0.1) is 23.1 Å². The van der Waals surface area contributed by atoms with Crippen LogP contribution in [-0.2, 0) is 30.6 Å². The number of carboxylic acid groups (broad SMARTS) is 2. The standard InChI is InChI=1S/C33H31N9O10S2/c1-33(2,31(50)51)52-41-21(18-13-54-32(34)39-18)27(46)40-23-28(47)42-24(30(48)49)15(12-53-29(23)42)11-36-26(45)22-25(35-10-14-6-4-3-5-7-14)38-17-9-20(44)19(43)8-16(17)37-22/h3-9,13,23,29,43-44H,10-12H2,1-2H3,(H2,34,39)(H,35,38)(H,36,45)(H,40,46)(H,48,49)(H,50,51)/t23?,29-/m0/s1. The second-order valence-corrected chi connectivity index (χ2v) is 14.3. The molecule has 2 aromatic heterocycles. The van der Waals surface area contributed by atoms with Gasteiger partial charge in [-0.2, -0.15) is 0 Å². The third-order valence-electron chi connectivity index (χ3n) is 8.14. The summed E-state index contributed by atoms with van der Waals surface area (Å²) >= 11 is 2.12. The summed E-state index contributed by atoms with van der Waals surface area (Å²) < 4.78 is 0. The summed E-state index contributed by atoms with van der Waals surface area (Å²) in [6.07, 6.45) is 0. The first kappa shape index (κ1) is 37.3. The molecule has 0 saturated carbocycles. The predicted molar refractivity (Wildman–Crippen MR) is 195 cm³/mol. The van der Waals surface area contributed by atoms with Gasteiger partial charge >= 0.3 is 11.9 Å². The average Bonchev–Trinajstić information content (AvgIpc) is 3.57. The van der Waals surface area contributed by atoms with E-state index in [0.717, 1.165) is 39.6 Å². The summed E-state index contributed by atoms with van der Waals surface area (Å²) in [7, 11) is 0. The van der Waals surface area contributed by atoms with E-state index in [0.29, 0.717) is 0 Å². The second kappa shape index (κ2) is 14.9. The number of β-lactam (4-membered cyclic amide) rings is 1. The number of nitrogens with zero attached hydrogens (tertiary/aromatic N) is 5.